The van der Waals surface area contributed by atoms with Gasteiger partial charge in [-0.2, -0.15) is 0 Å². The Morgan fingerprint density at radius 3 is 2.19 bits per heavy atom. The molecule has 0 radical (unpaired) electrons. The van der Waals surface area contributed by atoms with E-state index >= 15 is 0 Å². The SMILES string of the molecule is COc1cc(F)c(C(Br)c2ccc(Cl)cc2OC)c(F)c1. The quantitative estimate of drug-likeness (QED) is 0.689. The summed E-state index contributed by atoms with van der Waals surface area (Å²) in [6.45, 7) is 0. The monoisotopic (exact) mass is 376 g/mol. The molecule has 0 fully saturated rings. The average molecular weight is 378 g/mol. The van der Waals surface area contributed by atoms with Crippen LogP contribution in [0.4, 0.5) is 8.78 Å². The lowest BCUT2D eigenvalue weighted by Crippen LogP contribution is -2.03. The third kappa shape index (κ3) is 3.30. The molecule has 0 aromatic heterocycles. The van der Waals surface area contributed by atoms with Crippen LogP contribution in [0.25, 0.3) is 0 Å². The summed E-state index contributed by atoms with van der Waals surface area (Å²) in [5.41, 5.74) is 0.460. The highest BCUT2D eigenvalue weighted by molar-refractivity contribution is 9.09. The van der Waals surface area contributed by atoms with Gasteiger partial charge in [0.25, 0.3) is 0 Å². The highest BCUT2D eigenvalue weighted by atomic mass is 79.9. The summed E-state index contributed by atoms with van der Waals surface area (Å²) in [5.74, 6) is -0.841. The largest absolute Gasteiger partial charge is 0.497 e. The highest BCUT2D eigenvalue weighted by Gasteiger charge is 2.23. The smallest absolute Gasteiger partial charge is 0.134 e. The second-order valence-corrected chi connectivity index (χ2v) is 5.61. The predicted molar refractivity (Wildman–Crippen MR) is 81.7 cm³/mol. The Balaban J connectivity index is 2.52. The number of alkyl halides is 1. The van der Waals surface area contributed by atoms with Crippen LogP contribution in [-0.2, 0) is 0 Å². The maximum Gasteiger partial charge on any atom is 0.134 e. The second kappa shape index (κ2) is 6.62. The van der Waals surface area contributed by atoms with Crippen LogP contribution in [-0.4, -0.2) is 14.2 Å². The van der Waals surface area contributed by atoms with E-state index in [9.17, 15) is 8.78 Å². The van der Waals surface area contributed by atoms with Crippen LogP contribution in [0.1, 0.15) is 16.0 Å². The van der Waals surface area contributed by atoms with E-state index in [-0.39, 0.29) is 11.3 Å². The molecule has 2 rings (SSSR count). The first-order chi connectivity index (χ1) is 9.97. The molecule has 6 heteroatoms. The van der Waals surface area contributed by atoms with Gasteiger partial charge in [0.05, 0.1) is 19.0 Å². The number of hydrogen-bond donors (Lipinski definition) is 0. The van der Waals surface area contributed by atoms with Crippen molar-refractivity contribution in [1.82, 2.24) is 0 Å². The van der Waals surface area contributed by atoms with Gasteiger partial charge < -0.3 is 9.47 Å². The first-order valence-corrected chi connectivity index (χ1v) is 7.27. The van der Waals surface area contributed by atoms with E-state index in [1.54, 1.807) is 18.2 Å². The Labute approximate surface area is 134 Å². The zero-order chi connectivity index (χ0) is 15.6. The van der Waals surface area contributed by atoms with Crippen molar-refractivity contribution in [3.63, 3.8) is 0 Å². The van der Waals surface area contributed by atoms with Crippen molar-refractivity contribution in [1.29, 1.82) is 0 Å². The van der Waals surface area contributed by atoms with E-state index in [0.717, 1.165) is 12.1 Å². The molecule has 1 unspecified atom stereocenters. The molecule has 0 bridgehead atoms. The van der Waals surface area contributed by atoms with Gasteiger partial charge in [-0.05, 0) is 12.1 Å². The Bertz CT molecular complexity index is 641. The summed E-state index contributed by atoms with van der Waals surface area (Å²) in [6.07, 6.45) is 0. The lowest BCUT2D eigenvalue weighted by Gasteiger charge is -2.17. The summed E-state index contributed by atoms with van der Waals surface area (Å²) >= 11 is 9.20. The van der Waals surface area contributed by atoms with Gasteiger partial charge in [-0.1, -0.05) is 33.6 Å². The Morgan fingerprint density at radius 2 is 1.67 bits per heavy atom. The molecule has 1 atom stereocenters. The third-order valence-corrected chi connectivity index (χ3v) is 4.20. The van der Waals surface area contributed by atoms with Gasteiger partial charge >= 0.3 is 0 Å². The molecule has 0 N–H and O–H groups in total. The molecule has 2 aromatic carbocycles. The molecule has 0 saturated heterocycles. The summed E-state index contributed by atoms with van der Waals surface area (Å²) in [5, 5.41) is 0.478. The molecule has 21 heavy (non-hydrogen) atoms. The van der Waals surface area contributed by atoms with Crippen molar-refractivity contribution in [2.75, 3.05) is 14.2 Å². The molecule has 0 aliphatic heterocycles. The van der Waals surface area contributed by atoms with Crippen molar-refractivity contribution in [2.24, 2.45) is 0 Å². The van der Waals surface area contributed by atoms with Crippen LogP contribution in [0, 0.1) is 11.6 Å². The van der Waals surface area contributed by atoms with Crippen molar-refractivity contribution >= 4 is 27.5 Å². The maximum atomic E-state index is 14.1. The number of hydrogen-bond acceptors (Lipinski definition) is 2. The molecule has 0 aliphatic rings. The van der Waals surface area contributed by atoms with Crippen LogP contribution in [0.2, 0.25) is 5.02 Å². The minimum atomic E-state index is -0.712. The Kier molecular flexibility index (Phi) is 5.06. The average Bonchev–Trinajstić information content (AvgIpc) is 2.45. The molecule has 2 aromatic rings. The zero-order valence-corrected chi connectivity index (χ0v) is 13.6. The third-order valence-electron chi connectivity index (χ3n) is 3.01. The van der Waals surface area contributed by atoms with Crippen molar-refractivity contribution in [2.45, 2.75) is 4.83 Å². The second-order valence-electron chi connectivity index (χ2n) is 4.25. The van der Waals surface area contributed by atoms with Crippen molar-refractivity contribution in [3.8, 4) is 11.5 Å². The van der Waals surface area contributed by atoms with Crippen molar-refractivity contribution < 1.29 is 18.3 Å². The number of halogens is 4. The normalized spacial score (nSPS) is 12.1. The first kappa shape index (κ1) is 16.0. The van der Waals surface area contributed by atoms with Crippen LogP contribution >= 0.6 is 27.5 Å². The summed E-state index contributed by atoms with van der Waals surface area (Å²) in [4.78, 5) is -0.712. The number of rotatable bonds is 4. The van der Waals surface area contributed by atoms with E-state index in [4.69, 9.17) is 21.1 Å². The minimum absolute atomic E-state index is 0.114. The Hall–Kier alpha value is -1.33. The van der Waals surface area contributed by atoms with E-state index in [1.165, 1.54) is 14.2 Å². The highest BCUT2D eigenvalue weighted by Crippen LogP contribution is 2.40. The van der Waals surface area contributed by atoms with Gasteiger partial charge in [0.1, 0.15) is 23.1 Å². The van der Waals surface area contributed by atoms with E-state index in [2.05, 4.69) is 15.9 Å². The summed E-state index contributed by atoms with van der Waals surface area (Å²) in [6, 6.07) is 7.14. The van der Waals surface area contributed by atoms with Crippen LogP contribution in [0.5, 0.6) is 11.5 Å². The van der Waals surface area contributed by atoms with Crippen molar-refractivity contribution in [3.05, 3.63) is 58.1 Å². The molecule has 0 heterocycles. The van der Waals surface area contributed by atoms with Gasteiger partial charge in [-0.25, -0.2) is 8.78 Å². The number of methoxy groups -OCH3 is 2. The molecule has 0 amide bonds. The van der Waals surface area contributed by atoms with E-state index < -0.39 is 16.5 Å². The summed E-state index contributed by atoms with van der Waals surface area (Å²) < 4.78 is 38.3. The fraction of sp³-hybridized carbons (Fsp3) is 0.200. The van der Waals surface area contributed by atoms with Gasteiger partial charge in [-0.15, -0.1) is 0 Å². The molecule has 2 nitrogen and oxygen atoms in total. The molecule has 112 valence electrons. The number of ether oxygens (including phenoxy) is 2. The van der Waals surface area contributed by atoms with Gasteiger partial charge in [0.2, 0.25) is 0 Å². The Morgan fingerprint density at radius 1 is 1.05 bits per heavy atom. The maximum absolute atomic E-state index is 14.1. The van der Waals surface area contributed by atoms with Crippen LogP contribution in [0.3, 0.4) is 0 Å². The van der Waals surface area contributed by atoms with E-state index in [1.807, 2.05) is 0 Å². The molecular weight excluding hydrogens is 366 g/mol. The van der Waals surface area contributed by atoms with Gasteiger partial charge in [-0.3, -0.25) is 0 Å². The predicted octanol–water partition coefficient (Wildman–Crippen LogP) is 5.12. The topological polar surface area (TPSA) is 18.5 Å². The zero-order valence-electron chi connectivity index (χ0n) is 11.3. The van der Waals surface area contributed by atoms with Gasteiger partial charge in [0.15, 0.2) is 0 Å². The lowest BCUT2D eigenvalue weighted by molar-refractivity contribution is 0.404. The molecule has 0 spiro atoms. The minimum Gasteiger partial charge on any atom is -0.497 e. The first-order valence-electron chi connectivity index (χ1n) is 5.98. The molecule has 0 aliphatic carbocycles. The number of benzene rings is 2. The fourth-order valence-electron chi connectivity index (χ4n) is 1.97. The lowest BCUT2D eigenvalue weighted by atomic mass is 10.0. The van der Waals surface area contributed by atoms with Gasteiger partial charge in [0, 0.05) is 28.3 Å². The molecule has 0 saturated carbocycles. The standard InChI is InChI=1S/C15H12BrClF2O2/c1-20-9-6-11(18)14(12(19)7-9)15(16)10-4-3-8(17)5-13(10)21-2/h3-7,15H,1-2H3. The fourth-order valence-corrected chi connectivity index (χ4v) is 2.95. The van der Waals surface area contributed by atoms with Crippen LogP contribution in [0.15, 0.2) is 30.3 Å². The van der Waals surface area contributed by atoms with E-state index in [0.29, 0.717) is 16.3 Å². The summed E-state index contributed by atoms with van der Waals surface area (Å²) in [7, 11) is 2.82. The molecular formula is C15H12BrClF2O2. The van der Waals surface area contributed by atoms with Crippen LogP contribution < -0.4 is 9.47 Å².